The maximum atomic E-state index is 13.4. The molecule has 0 aliphatic carbocycles. The van der Waals surface area contributed by atoms with Gasteiger partial charge in [0, 0.05) is 0 Å². The van der Waals surface area contributed by atoms with Crippen LogP contribution < -0.4 is 5.32 Å². The van der Waals surface area contributed by atoms with Gasteiger partial charge in [-0.25, -0.2) is 8.78 Å². The van der Waals surface area contributed by atoms with Crippen LogP contribution in [-0.4, -0.2) is 6.54 Å². The molecule has 0 bridgehead atoms. The predicted molar refractivity (Wildman–Crippen MR) is 77.7 cm³/mol. The molecule has 1 unspecified atom stereocenters. The SMILES string of the molecule is CCCNC(c1ccc(C)cc1)c1ccc(F)c(F)c1. The van der Waals surface area contributed by atoms with Crippen LogP contribution in [0.4, 0.5) is 8.78 Å². The fourth-order valence-corrected chi connectivity index (χ4v) is 2.17. The summed E-state index contributed by atoms with van der Waals surface area (Å²) in [5.74, 6) is -1.62. The second-order valence-electron chi connectivity index (χ2n) is 4.97. The molecule has 0 radical (unpaired) electrons. The lowest BCUT2D eigenvalue weighted by molar-refractivity contribution is 0.503. The van der Waals surface area contributed by atoms with E-state index in [1.165, 1.54) is 17.7 Å². The van der Waals surface area contributed by atoms with E-state index in [0.717, 1.165) is 24.1 Å². The standard InChI is InChI=1S/C17H19F2N/c1-3-10-20-17(13-6-4-12(2)5-7-13)14-8-9-15(18)16(19)11-14/h4-9,11,17,20H,3,10H2,1-2H3. The molecule has 0 saturated carbocycles. The lowest BCUT2D eigenvalue weighted by atomic mass is 9.97. The van der Waals surface area contributed by atoms with Crippen molar-refractivity contribution in [3.05, 3.63) is 70.8 Å². The van der Waals surface area contributed by atoms with Gasteiger partial charge in [0.05, 0.1) is 6.04 Å². The molecule has 106 valence electrons. The Labute approximate surface area is 118 Å². The summed E-state index contributed by atoms with van der Waals surface area (Å²) in [7, 11) is 0. The van der Waals surface area contributed by atoms with Crippen LogP contribution in [0.5, 0.6) is 0 Å². The molecule has 0 spiro atoms. The molecule has 0 aliphatic rings. The van der Waals surface area contributed by atoms with E-state index in [2.05, 4.69) is 12.2 Å². The smallest absolute Gasteiger partial charge is 0.159 e. The molecule has 1 atom stereocenters. The number of hydrogen-bond donors (Lipinski definition) is 1. The Balaban J connectivity index is 2.35. The van der Waals surface area contributed by atoms with Crippen molar-refractivity contribution >= 4 is 0 Å². The third-order valence-corrected chi connectivity index (χ3v) is 3.29. The van der Waals surface area contributed by atoms with Crippen LogP contribution >= 0.6 is 0 Å². The highest BCUT2D eigenvalue weighted by Crippen LogP contribution is 2.24. The minimum atomic E-state index is -0.813. The molecule has 20 heavy (non-hydrogen) atoms. The molecular weight excluding hydrogens is 256 g/mol. The minimum Gasteiger partial charge on any atom is -0.306 e. The van der Waals surface area contributed by atoms with Gasteiger partial charge in [0.1, 0.15) is 0 Å². The Bertz CT molecular complexity index is 564. The van der Waals surface area contributed by atoms with Crippen LogP contribution in [0.25, 0.3) is 0 Å². The number of hydrogen-bond acceptors (Lipinski definition) is 1. The fourth-order valence-electron chi connectivity index (χ4n) is 2.17. The largest absolute Gasteiger partial charge is 0.306 e. The zero-order chi connectivity index (χ0) is 14.5. The Morgan fingerprint density at radius 1 is 0.950 bits per heavy atom. The summed E-state index contributed by atoms with van der Waals surface area (Å²) in [5.41, 5.74) is 2.96. The van der Waals surface area contributed by atoms with E-state index in [4.69, 9.17) is 0 Å². The maximum absolute atomic E-state index is 13.4. The highest BCUT2D eigenvalue weighted by molar-refractivity contribution is 5.33. The van der Waals surface area contributed by atoms with Crippen LogP contribution in [0.1, 0.15) is 36.1 Å². The van der Waals surface area contributed by atoms with Gasteiger partial charge in [-0.15, -0.1) is 0 Å². The molecular formula is C17H19F2N. The molecule has 2 rings (SSSR count). The highest BCUT2D eigenvalue weighted by Gasteiger charge is 2.15. The van der Waals surface area contributed by atoms with Crippen LogP contribution in [-0.2, 0) is 0 Å². The van der Waals surface area contributed by atoms with Gasteiger partial charge in [-0.3, -0.25) is 0 Å². The number of nitrogens with one attached hydrogen (secondary N) is 1. The summed E-state index contributed by atoms with van der Waals surface area (Å²) in [4.78, 5) is 0. The zero-order valence-electron chi connectivity index (χ0n) is 11.8. The van der Waals surface area contributed by atoms with Gasteiger partial charge in [0.25, 0.3) is 0 Å². The highest BCUT2D eigenvalue weighted by atomic mass is 19.2. The van der Waals surface area contributed by atoms with Crippen molar-refractivity contribution in [2.24, 2.45) is 0 Å². The molecule has 1 N–H and O–H groups in total. The van der Waals surface area contributed by atoms with Crippen molar-refractivity contribution in [1.82, 2.24) is 5.32 Å². The minimum absolute atomic E-state index is 0.120. The van der Waals surface area contributed by atoms with Crippen molar-refractivity contribution < 1.29 is 8.78 Å². The topological polar surface area (TPSA) is 12.0 Å². The first-order chi connectivity index (χ1) is 9.61. The van der Waals surface area contributed by atoms with Gasteiger partial charge in [-0.05, 0) is 43.1 Å². The molecule has 0 aliphatic heterocycles. The second-order valence-corrected chi connectivity index (χ2v) is 4.97. The van der Waals surface area contributed by atoms with Crippen molar-refractivity contribution in [3.63, 3.8) is 0 Å². The third-order valence-electron chi connectivity index (χ3n) is 3.29. The predicted octanol–water partition coefficient (Wildman–Crippen LogP) is 4.36. The number of benzene rings is 2. The number of halogens is 2. The fraction of sp³-hybridized carbons (Fsp3) is 0.294. The van der Waals surface area contributed by atoms with Crippen molar-refractivity contribution in [1.29, 1.82) is 0 Å². The van der Waals surface area contributed by atoms with E-state index in [0.29, 0.717) is 0 Å². The Morgan fingerprint density at radius 3 is 2.20 bits per heavy atom. The first-order valence-corrected chi connectivity index (χ1v) is 6.86. The summed E-state index contributed by atoms with van der Waals surface area (Å²) in [6, 6.07) is 12.0. The van der Waals surface area contributed by atoms with Crippen LogP contribution in [0.15, 0.2) is 42.5 Å². The van der Waals surface area contributed by atoms with Crippen LogP contribution in [0.3, 0.4) is 0 Å². The summed E-state index contributed by atoms with van der Waals surface area (Å²) < 4.78 is 26.5. The monoisotopic (exact) mass is 275 g/mol. The molecule has 2 aromatic carbocycles. The molecule has 0 aromatic heterocycles. The van der Waals surface area contributed by atoms with Gasteiger partial charge in [0.15, 0.2) is 11.6 Å². The first kappa shape index (κ1) is 14.7. The lowest BCUT2D eigenvalue weighted by Crippen LogP contribution is -2.23. The summed E-state index contributed by atoms with van der Waals surface area (Å²) >= 11 is 0. The Kier molecular flexibility index (Phi) is 4.85. The average molecular weight is 275 g/mol. The van der Waals surface area contributed by atoms with Crippen LogP contribution in [0.2, 0.25) is 0 Å². The number of aryl methyl sites for hydroxylation is 1. The van der Waals surface area contributed by atoms with E-state index in [-0.39, 0.29) is 6.04 Å². The normalized spacial score (nSPS) is 12.4. The molecule has 2 aromatic rings. The summed E-state index contributed by atoms with van der Waals surface area (Å²) in [6.07, 6.45) is 0.978. The average Bonchev–Trinajstić information content (AvgIpc) is 2.45. The lowest BCUT2D eigenvalue weighted by Gasteiger charge is -2.20. The van der Waals surface area contributed by atoms with Crippen LogP contribution in [0, 0.1) is 18.6 Å². The van der Waals surface area contributed by atoms with E-state index in [9.17, 15) is 8.78 Å². The van der Waals surface area contributed by atoms with E-state index >= 15 is 0 Å². The van der Waals surface area contributed by atoms with Gasteiger partial charge in [-0.1, -0.05) is 42.8 Å². The van der Waals surface area contributed by atoms with Crippen molar-refractivity contribution in [2.75, 3.05) is 6.54 Å². The van der Waals surface area contributed by atoms with E-state index in [1.54, 1.807) is 6.07 Å². The second kappa shape index (κ2) is 6.62. The molecule has 0 heterocycles. The van der Waals surface area contributed by atoms with E-state index in [1.807, 2.05) is 31.2 Å². The summed E-state index contributed by atoms with van der Waals surface area (Å²) in [6.45, 7) is 4.91. The molecule has 0 saturated heterocycles. The molecule has 0 fully saturated rings. The molecule has 1 nitrogen and oxygen atoms in total. The van der Waals surface area contributed by atoms with Gasteiger partial charge < -0.3 is 5.32 Å². The van der Waals surface area contributed by atoms with E-state index < -0.39 is 11.6 Å². The van der Waals surface area contributed by atoms with Gasteiger partial charge in [-0.2, -0.15) is 0 Å². The Hall–Kier alpha value is -1.74. The maximum Gasteiger partial charge on any atom is 0.159 e. The third kappa shape index (κ3) is 3.42. The number of rotatable bonds is 5. The van der Waals surface area contributed by atoms with Gasteiger partial charge in [0.2, 0.25) is 0 Å². The summed E-state index contributed by atoms with van der Waals surface area (Å²) in [5, 5.41) is 3.38. The Morgan fingerprint density at radius 2 is 1.60 bits per heavy atom. The van der Waals surface area contributed by atoms with Gasteiger partial charge >= 0.3 is 0 Å². The van der Waals surface area contributed by atoms with Crippen molar-refractivity contribution in [3.8, 4) is 0 Å². The first-order valence-electron chi connectivity index (χ1n) is 6.86. The van der Waals surface area contributed by atoms with Crippen molar-refractivity contribution in [2.45, 2.75) is 26.3 Å². The zero-order valence-corrected chi connectivity index (χ0v) is 11.8. The molecule has 0 amide bonds. The quantitative estimate of drug-likeness (QED) is 0.854. The molecule has 3 heteroatoms.